The fraction of sp³-hybridized carbons (Fsp3) is 0.250. The Hall–Kier alpha value is -3.14. The molecule has 3 aromatic rings. The molecule has 0 fully saturated rings. The Morgan fingerprint density at radius 2 is 1.83 bits per heavy atom. The average molecular weight is 433 g/mol. The summed E-state index contributed by atoms with van der Waals surface area (Å²) in [6.45, 7) is 0.912. The van der Waals surface area contributed by atoms with Gasteiger partial charge in [0.1, 0.15) is 5.75 Å². The molecule has 30 heavy (non-hydrogen) atoms. The topological polar surface area (TPSA) is 95.1 Å². The molecule has 1 atom stereocenters. The summed E-state index contributed by atoms with van der Waals surface area (Å²) in [5, 5.41) is 10.8. The summed E-state index contributed by atoms with van der Waals surface area (Å²) in [5.74, 6) is 6.25. The van der Waals surface area contributed by atoms with E-state index in [1.54, 1.807) is 19.1 Å². The highest BCUT2D eigenvalue weighted by Crippen LogP contribution is 2.27. The van der Waals surface area contributed by atoms with Crippen LogP contribution in [0.25, 0.3) is 11.4 Å². The first-order chi connectivity index (χ1) is 14.4. The number of ether oxygens (including phenoxy) is 1. The summed E-state index contributed by atoms with van der Waals surface area (Å²) in [5.41, 5.74) is 2.48. The molecule has 1 aromatic heterocycles. The van der Waals surface area contributed by atoms with Gasteiger partial charge in [-0.05, 0) is 55.3 Å². The maximum atomic E-state index is 12.5. The number of carbonyl (C=O) groups excluding carboxylic acids is 1. The zero-order valence-corrected chi connectivity index (χ0v) is 17.2. The number of aryl methyl sites for hydroxylation is 1. The highest BCUT2D eigenvalue weighted by atomic mass is 32.2. The summed E-state index contributed by atoms with van der Waals surface area (Å²) < 4.78 is 30.1. The lowest BCUT2D eigenvalue weighted by Gasteiger charge is -2.12. The third-order valence-electron chi connectivity index (χ3n) is 4.28. The van der Waals surface area contributed by atoms with Gasteiger partial charge in [-0.25, -0.2) is 4.68 Å². The molecule has 0 aliphatic heterocycles. The lowest BCUT2D eigenvalue weighted by Crippen LogP contribution is -2.23. The van der Waals surface area contributed by atoms with Crippen molar-refractivity contribution in [3.05, 3.63) is 54.1 Å². The molecule has 0 aliphatic carbocycles. The van der Waals surface area contributed by atoms with Gasteiger partial charge in [0.15, 0.2) is 5.82 Å². The third-order valence-corrected chi connectivity index (χ3v) is 5.34. The number of hydrogen-bond donors (Lipinski definition) is 2. The molecule has 1 amide bonds. The predicted octanol–water partition coefficient (Wildman–Crippen LogP) is 3.94. The number of rotatable bonds is 8. The van der Waals surface area contributed by atoms with E-state index in [4.69, 9.17) is 5.84 Å². The van der Waals surface area contributed by atoms with Gasteiger partial charge in [0.05, 0.1) is 5.25 Å². The zero-order valence-electron chi connectivity index (χ0n) is 16.4. The van der Waals surface area contributed by atoms with Gasteiger partial charge in [-0.15, -0.1) is 10.2 Å². The molecular formula is C20H21F2N5O2S. The van der Waals surface area contributed by atoms with Crippen molar-refractivity contribution in [1.29, 1.82) is 0 Å². The molecule has 3 N–H and O–H groups in total. The largest absolute Gasteiger partial charge is 0.435 e. The van der Waals surface area contributed by atoms with Gasteiger partial charge in [0.2, 0.25) is 11.1 Å². The van der Waals surface area contributed by atoms with E-state index >= 15 is 0 Å². The van der Waals surface area contributed by atoms with Crippen molar-refractivity contribution in [3.8, 4) is 17.1 Å². The minimum atomic E-state index is -2.89. The molecule has 0 saturated heterocycles. The number of benzene rings is 2. The number of carbonyl (C=O) groups is 1. The minimum absolute atomic E-state index is 0.0312. The van der Waals surface area contributed by atoms with Crippen LogP contribution in [0.4, 0.5) is 14.5 Å². The molecular weight excluding hydrogens is 412 g/mol. The summed E-state index contributed by atoms with van der Waals surface area (Å²) >= 11 is 1.16. The number of nitrogens with one attached hydrogen (secondary N) is 1. The fourth-order valence-corrected chi connectivity index (χ4v) is 3.39. The van der Waals surface area contributed by atoms with E-state index in [1.807, 2.05) is 24.3 Å². The molecule has 3 rings (SSSR count). The third kappa shape index (κ3) is 5.26. The van der Waals surface area contributed by atoms with Gasteiger partial charge in [-0.3, -0.25) is 4.79 Å². The number of amides is 1. The second kappa shape index (κ2) is 9.57. The maximum absolute atomic E-state index is 12.5. The van der Waals surface area contributed by atoms with E-state index in [-0.39, 0.29) is 11.7 Å². The van der Waals surface area contributed by atoms with E-state index in [9.17, 15) is 13.6 Å². The Labute approximate surface area is 176 Å². The van der Waals surface area contributed by atoms with Gasteiger partial charge >= 0.3 is 6.61 Å². The molecule has 1 unspecified atom stereocenters. The Kier molecular flexibility index (Phi) is 6.88. The second-order valence-electron chi connectivity index (χ2n) is 6.38. The monoisotopic (exact) mass is 433 g/mol. The van der Waals surface area contributed by atoms with E-state index in [1.165, 1.54) is 22.4 Å². The lowest BCUT2D eigenvalue weighted by atomic mass is 10.1. The van der Waals surface area contributed by atoms with E-state index in [2.05, 4.69) is 27.2 Å². The van der Waals surface area contributed by atoms with Crippen LogP contribution in [0.15, 0.2) is 53.7 Å². The summed E-state index contributed by atoms with van der Waals surface area (Å²) in [6.07, 6.45) is 0.928. The number of thioether (sulfide) groups is 1. The number of anilines is 1. The van der Waals surface area contributed by atoms with Gasteiger partial charge in [-0.2, -0.15) is 8.78 Å². The number of nitrogens with two attached hydrogens (primary N) is 1. The quantitative estimate of drug-likeness (QED) is 0.413. The Balaban J connectivity index is 1.65. The lowest BCUT2D eigenvalue weighted by molar-refractivity contribution is -0.115. The van der Waals surface area contributed by atoms with Gasteiger partial charge < -0.3 is 15.9 Å². The predicted molar refractivity (Wildman–Crippen MR) is 112 cm³/mol. The zero-order chi connectivity index (χ0) is 21.7. The van der Waals surface area contributed by atoms with Crippen molar-refractivity contribution < 1.29 is 18.3 Å². The van der Waals surface area contributed by atoms with Crippen molar-refractivity contribution in [2.75, 3.05) is 11.2 Å². The van der Waals surface area contributed by atoms with Crippen LogP contribution in [-0.4, -0.2) is 32.6 Å². The number of aromatic nitrogens is 3. The van der Waals surface area contributed by atoms with Gasteiger partial charge in [0, 0.05) is 11.3 Å². The van der Waals surface area contributed by atoms with Crippen molar-refractivity contribution in [2.24, 2.45) is 0 Å². The van der Waals surface area contributed by atoms with Crippen LogP contribution >= 0.6 is 11.8 Å². The first-order valence-electron chi connectivity index (χ1n) is 9.19. The minimum Gasteiger partial charge on any atom is -0.435 e. The average Bonchev–Trinajstić information content (AvgIpc) is 3.09. The molecule has 0 saturated carbocycles. The van der Waals surface area contributed by atoms with Gasteiger partial charge in [0.25, 0.3) is 0 Å². The highest BCUT2D eigenvalue weighted by molar-refractivity contribution is 8.00. The van der Waals surface area contributed by atoms with E-state index in [0.717, 1.165) is 18.2 Å². The summed E-state index contributed by atoms with van der Waals surface area (Å²) in [6, 6.07) is 13.5. The first-order valence-corrected chi connectivity index (χ1v) is 10.1. The Bertz CT molecular complexity index is 993. The molecule has 0 radical (unpaired) electrons. The number of alkyl halides is 2. The van der Waals surface area contributed by atoms with Crippen LogP contribution in [0.2, 0.25) is 0 Å². The van der Waals surface area contributed by atoms with E-state index in [0.29, 0.717) is 22.2 Å². The summed E-state index contributed by atoms with van der Waals surface area (Å²) in [4.78, 5) is 12.5. The summed E-state index contributed by atoms with van der Waals surface area (Å²) in [7, 11) is 0. The molecule has 0 bridgehead atoms. The van der Waals surface area contributed by atoms with Crippen molar-refractivity contribution in [2.45, 2.75) is 37.3 Å². The second-order valence-corrected chi connectivity index (χ2v) is 7.69. The Morgan fingerprint density at radius 1 is 1.17 bits per heavy atom. The van der Waals surface area contributed by atoms with Crippen LogP contribution in [0.3, 0.4) is 0 Å². The number of hydrogen-bond acceptors (Lipinski definition) is 6. The number of halogens is 2. The van der Waals surface area contributed by atoms with Crippen molar-refractivity contribution >= 4 is 23.4 Å². The first kappa shape index (κ1) is 21.6. The molecule has 0 spiro atoms. The normalized spacial score (nSPS) is 12.0. The highest BCUT2D eigenvalue weighted by Gasteiger charge is 2.20. The van der Waals surface area contributed by atoms with Crippen LogP contribution in [-0.2, 0) is 11.2 Å². The van der Waals surface area contributed by atoms with Crippen LogP contribution in [0.1, 0.15) is 19.4 Å². The number of nitrogen functional groups attached to an aromatic ring is 1. The molecule has 10 heteroatoms. The SMILES string of the molecule is CCc1ccc(NC(=O)C(C)Sc2nnc(-c3ccc(OC(F)F)cc3)n2N)cc1. The smallest absolute Gasteiger partial charge is 0.387 e. The molecule has 2 aromatic carbocycles. The molecule has 1 heterocycles. The molecule has 158 valence electrons. The van der Waals surface area contributed by atoms with Crippen LogP contribution < -0.4 is 15.9 Å². The van der Waals surface area contributed by atoms with Gasteiger partial charge in [-0.1, -0.05) is 30.8 Å². The molecule has 0 aliphatic rings. The van der Waals surface area contributed by atoms with E-state index < -0.39 is 11.9 Å². The maximum Gasteiger partial charge on any atom is 0.387 e. The van der Waals surface area contributed by atoms with Crippen molar-refractivity contribution in [3.63, 3.8) is 0 Å². The standard InChI is InChI=1S/C20H21F2N5O2S/c1-3-13-4-8-15(9-5-13)24-18(28)12(2)30-20-26-25-17(27(20)23)14-6-10-16(11-7-14)29-19(21)22/h4-12,19H,3,23H2,1-2H3,(H,24,28). The van der Waals surface area contributed by atoms with Crippen LogP contribution in [0.5, 0.6) is 5.75 Å². The number of nitrogens with zero attached hydrogens (tertiary/aromatic N) is 3. The molecule has 7 nitrogen and oxygen atoms in total. The van der Waals surface area contributed by atoms with Crippen LogP contribution in [0, 0.1) is 0 Å². The fourth-order valence-electron chi connectivity index (χ4n) is 2.62. The van der Waals surface area contributed by atoms with Crippen molar-refractivity contribution in [1.82, 2.24) is 14.9 Å². The Morgan fingerprint density at radius 3 is 2.43 bits per heavy atom.